The van der Waals surface area contributed by atoms with E-state index in [1.807, 2.05) is 0 Å². The quantitative estimate of drug-likeness (QED) is 0.557. The zero-order valence-corrected chi connectivity index (χ0v) is 7.71. The van der Waals surface area contributed by atoms with Gasteiger partial charge in [-0.2, -0.15) is 10.5 Å². The first-order valence-electron chi connectivity index (χ1n) is 3.93. The lowest BCUT2D eigenvalue weighted by Gasteiger charge is -2.25. The molecule has 0 heterocycles. The van der Waals surface area contributed by atoms with Crippen molar-refractivity contribution >= 4 is 5.97 Å². The molecule has 0 aromatic rings. The SMILES string of the molecule is C[C@@H](O)[C@@H](C(=O)O)N(CC#N)CC#N. The molecule has 0 bridgehead atoms. The number of nitriles is 2. The number of carboxylic acid groups (broad SMARTS) is 1. The zero-order chi connectivity index (χ0) is 11.1. The second kappa shape index (κ2) is 5.92. The van der Waals surface area contributed by atoms with E-state index in [-0.39, 0.29) is 13.1 Å². The van der Waals surface area contributed by atoms with E-state index in [1.54, 1.807) is 12.1 Å². The number of nitrogens with zero attached hydrogens (tertiary/aromatic N) is 3. The van der Waals surface area contributed by atoms with E-state index in [9.17, 15) is 4.79 Å². The summed E-state index contributed by atoms with van der Waals surface area (Å²) >= 11 is 0. The van der Waals surface area contributed by atoms with Gasteiger partial charge in [0.2, 0.25) is 0 Å². The van der Waals surface area contributed by atoms with Gasteiger partial charge in [-0.1, -0.05) is 0 Å². The van der Waals surface area contributed by atoms with Crippen molar-refractivity contribution < 1.29 is 15.0 Å². The first-order chi connectivity index (χ1) is 6.54. The first kappa shape index (κ1) is 12.4. The molecule has 2 atom stereocenters. The molecule has 14 heavy (non-hydrogen) atoms. The number of hydrogen-bond acceptors (Lipinski definition) is 5. The summed E-state index contributed by atoms with van der Waals surface area (Å²) < 4.78 is 0. The molecule has 0 amide bonds. The molecule has 0 unspecified atom stereocenters. The number of aliphatic hydroxyl groups is 1. The highest BCUT2D eigenvalue weighted by Gasteiger charge is 2.29. The Kier molecular flexibility index (Phi) is 5.23. The predicted molar refractivity (Wildman–Crippen MR) is 45.9 cm³/mol. The van der Waals surface area contributed by atoms with Gasteiger partial charge in [0, 0.05) is 0 Å². The largest absolute Gasteiger partial charge is 0.480 e. The summed E-state index contributed by atoms with van der Waals surface area (Å²) in [6.07, 6.45) is -1.13. The van der Waals surface area contributed by atoms with E-state index in [4.69, 9.17) is 20.7 Å². The van der Waals surface area contributed by atoms with Crippen molar-refractivity contribution in [1.82, 2.24) is 4.90 Å². The molecule has 6 nitrogen and oxygen atoms in total. The van der Waals surface area contributed by atoms with Crippen LogP contribution >= 0.6 is 0 Å². The van der Waals surface area contributed by atoms with Gasteiger partial charge >= 0.3 is 5.97 Å². The second-order valence-corrected chi connectivity index (χ2v) is 2.74. The zero-order valence-electron chi connectivity index (χ0n) is 7.71. The van der Waals surface area contributed by atoms with Crippen LogP contribution in [-0.4, -0.2) is 46.3 Å². The van der Waals surface area contributed by atoms with Gasteiger partial charge in [0.05, 0.1) is 31.3 Å². The van der Waals surface area contributed by atoms with Gasteiger partial charge in [-0.25, -0.2) is 0 Å². The third-order valence-corrected chi connectivity index (χ3v) is 1.65. The average molecular weight is 197 g/mol. The molecular formula is C8H11N3O3. The molecule has 0 fully saturated rings. The van der Waals surface area contributed by atoms with Crippen molar-refractivity contribution in [2.24, 2.45) is 0 Å². The lowest BCUT2D eigenvalue weighted by Crippen LogP contribution is -2.48. The fraction of sp³-hybridized carbons (Fsp3) is 0.625. The number of aliphatic carboxylic acids is 1. The molecule has 0 aromatic heterocycles. The number of hydrogen-bond donors (Lipinski definition) is 2. The monoisotopic (exact) mass is 197 g/mol. The molecule has 0 radical (unpaired) electrons. The van der Waals surface area contributed by atoms with Crippen molar-refractivity contribution in [3.63, 3.8) is 0 Å². The summed E-state index contributed by atoms with van der Waals surface area (Å²) in [5.41, 5.74) is 0. The van der Waals surface area contributed by atoms with Gasteiger partial charge in [0.1, 0.15) is 6.04 Å². The molecule has 76 valence electrons. The maximum Gasteiger partial charge on any atom is 0.323 e. The third kappa shape index (κ3) is 3.40. The lowest BCUT2D eigenvalue weighted by atomic mass is 10.1. The second-order valence-electron chi connectivity index (χ2n) is 2.74. The van der Waals surface area contributed by atoms with Crippen LogP contribution in [0, 0.1) is 22.7 Å². The summed E-state index contributed by atoms with van der Waals surface area (Å²) in [4.78, 5) is 11.8. The first-order valence-corrected chi connectivity index (χ1v) is 3.93. The predicted octanol–water partition coefficient (Wildman–Crippen LogP) is -0.830. The van der Waals surface area contributed by atoms with Crippen LogP contribution in [0.5, 0.6) is 0 Å². The van der Waals surface area contributed by atoms with Crippen molar-refractivity contribution in [1.29, 1.82) is 10.5 Å². The Morgan fingerprint density at radius 2 is 1.86 bits per heavy atom. The van der Waals surface area contributed by atoms with Crippen LogP contribution < -0.4 is 0 Å². The minimum absolute atomic E-state index is 0.199. The summed E-state index contributed by atoms with van der Waals surface area (Å²) in [5.74, 6) is -1.24. The highest BCUT2D eigenvalue weighted by Crippen LogP contribution is 2.04. The van der Waals surface area contributed by atoms with Crippen LogP contribution in [0.25, 0.3) is 0 Å². The fourth-order valence-corrected chi connectivity index (χ4v) is 1.10. The summed E-state index contributed by atoms with van der Waals surface area (Å²) in [7, 11) is 0. The van der Waals surface area contributed by atoms with Gasteiger partial charge < -0.3 is 10.2 Å². The topological polar surface area (TPSA) is 108 Å². The van der Waals surface area contributed by atoms with Crippen LogP contribution in [0.3, 0.4) is 0 Å². The summed E-state index contributed by atoms with van der Waals surface area (Å²) in [6.45, 7) is 0.908. The highest BCUT2D eigenvalue weighted by atomic mass is 16.4. The van der Waals surface area contributed by atoms with E-state index in [0.717, 1.165) is 4.90 Å². The lowest BCUT2D eigenvalue weighted by molar-refractivity contribution is -0.146. The summed E-state index contributed by atoms with van der Waals surface area (Å²) in [6, 6.07) is 2.27. The van der Waals surface area contributed by atoms with Crippen molar-refractivity contribution in [2.45, 2.75) is 19.1 Å². The Morgan fingerprint density at radius 3 is 2.07 bits per heavy atom. The molecule has 0 saturated carbocycles. The highest BCUT2D eigenvalue weighted by molar-refractivity contribution is 5.74. The molecule has 0 saturated heterocycles. The van der Waals surface area contributed by atoms with Crippen molar-refractivity contribution in [3.05, 3.63) is 0 Å². The Bertz CT molecular complexity index is 261. The van der Waals surface area contributed by atoms with E-state index < -0.39 is 18.1 Å². The van der Waals surface area contributed by atoms with Gasteiger partial charge in [0.25, 0.3) is 0 Å². The number of rotatable bonds is 5. The van der Waals surface area contributed by atoms with Crippen molar-refractivity contribution in [3.8, 4) is 12.1 Å². The van der Waals surface area contributed by atoms with Gasteiger partial charge in [-0.3, -0.25) is 9.69 Å². The maximum atomic E-state index is 10.7. The molecule has 0 aliphatic rings. The smallest absolute Gasteiger partial charge is 0.323 e. The fourth-order valence-electron chi connectivity index (χ4n) is 1.10. The molecule has 0 spiro atoms. The van der Waals surface area contributed by atoms with Gasteiger partial charge in [-0.15, -0.1) is 0 Å². The van der Waals surface area contributed by atoms with Crippen molar-refractivity contribution in [2.75, 3.05) is 13.1 Å². The summed E-state index contributed by atoms with van der Waals surface area (Å²) in [5, 5.41) is 34.7. The molecule has 0 aliphatic heterocycles. The Hall–Kier alpha value is -1.63. The minimum Gasteiger partial charge on any atom is -0.480 e. The third-order valence-electron chi connectivity index (χ3n) is 1.65. The number of carboxylic acids is 1. The molecule has 2 N–H and O–H groups in total. The van der Waals surface area contributed by atoms with E-state index in [2.05, 4.69) is 0 Å². The van der Waals surface area contributed by atoms with Crippen LogP contribution in [0.2, 0.25) is 0 Å². The van der Waals surface area contributed by atoms with Gasteiger partial charge in [0.15, 0.2) is 0 Å². The number of aliphatic hydroxyl groups excluding tert-OH is 1. The van der Waals surface area contributed by atoms with E-state index in [0.29, 0.717) is 0 Å². The van der Waals surface area contributed by atoms with Crippen LogP contribution in [0.15, 0.2) is 0 Å². The van der Waals surface area contributed by atoms with E-state index in [1.165, 1.54) is 6.92 Å². The Morgan fingerprint density at radius 1 is 1.43 bits per heavy atom. The standard InChI is InChI=1S/C8H11N3O3/c1-6(12)7(8(13)14)11(4-2-9)5-3-10/h6-7,12H,4-5H2,1H3,(H,13,14)/t6-,7+/m1/s1. The molecule has 0 rings (SSSR count). The molecular weight excluding hydrogens is 186 g/mol. The Labute approximate surface area is 81.6 Å². The molecule has 0 aliphatic carbocycles. The van der Waals surface area contributed by atoms with E-state index >= 15 is 0 Å². The average Bonchev–Trinajstić information content (AvgIpc) is 2.03. The van der Waals surface area contributed by atoms with Crippen LogP contribution in [0.4, 0.5) is 0 Å². The Balaban J connectivity index is 4.66. The van der Waals surface area contributed by atoms with Gasteiger partial charge in [-0.05, 0) is 6.92 Å². The molecule has 0 aromatic carbocycles. The van der Waals surface area contributed by atoms with Crippen LogP contribution in [0.1, 0.15) is 6.92 Å². The molecule has 6 heteroatoms. The minimum atomic E-state index is -1.24. The number of carbonyl (C=O) groups is 1. The normalized spacial score (nSPS) is 14.1. The van der Waals surface area contributed by atoms with Crippen LogP contribution in [-0.2, 0) is 4.79 Å². The maximum absolute atomic E-state index is 10.7.